The van der Waals surface area contributed by atoms with Crippen molar-refractivity contribution in [3.05, 3.63) is 52.0 Å². The molecule has 2 N–H and O–H groups in total. The first-order valence-corrected chi connectivity index (χ1v) is 10.1. The summed E-state index contributed by atoms with van der Waals surface area (Å²) in [6.07, 6.45) is 3.86. The van der Waals surface area contributed by atoms with Crippen molar-refractivity contribution < 1.29 is 4.74 Å². The van der Waals surface area contributed by atoms with Crippen LogP contribution in [0.15, 0.2) is 41.5 Å². The van der Waals surface area contributed by atoms with Crippen LogP contribution < -0.4 is 10.6 Å². The van der Waals surface area contributed by atoms with E-state index in [4.69, 9.17) is 4.74 Å². The van der Waals surface area contributed by atoms with Gasteiger partial charge in [-0.3, -0.25) is 4.99 Å². The highest BCUT2D eigenvalue weighted by atomic mass is 32.1. The Balaban J connectivity index is 1.66. The second-order valence-corrected chi connectivity index (χ2v) is 7.40. The van der Waals surface area contributed by atoms with Gasteiger partial charge in [-0.1, -0.05) is 30.3 Å². The molecule has 0 radical (unpaired) electrons. The maximum Gasteiger partial charge on any atom is 0.191 e. The minimum atomic E-state index is 0.119. The number of aliphatic imine (C=N–C) groups is 1. The summed E-state index contributed by atoms with van der Waals surface area (Å²) in [6, 6.07) is 10.3. The van der Waals surface area contributed by atoms with Crippen LogP contribution in [0.2, 0.25) is 0 Å². The molecule has 0 bridgehead atoms. The number of nitrogens with zero attached hydrogens (tertiary/aromatic N) is 2. The number of guanidine groups is 1. The molecule has 0 spiro atoms. The molecule has 6 heteroatoms. The Morgan fingerprint density at radius 3 is 2.77 bits per heavy atom. The van der Waals surface area contributed by atoms with Crippen LogP contribution in [-0.4, -0.2) is 37.2 Å². The summed E-state index contributed by atoms with van der Waals surface area (Å²) in [4.78, 5) is 10.3. The van der Waals surface area contributed by atoms with Crippen LogP contribution in [0.5, 0.6) is 0 Å². The van der Waals surface area contributed by atoms with Crippen molar-refractivity contribution in [2.45, 2.75) is 39.7 Å². The van der Waals surface area contributed by atoms with Gasteiger partial charge in [-0.15, -0.1) is 11.3 Å². The van der Waals surface area contributed by atoms with E-state index in [1.54, 1.807) is 11.3 Å². The Kier molecular flexibility index (Phi) is 9.14. The van der Waals surface area contributed by atoms with E-state index in [9.17, 15) is 0 Å². The zero-order chi connectivity index (χ0) is 18.6. The lowest BCUT2D eigenvalue weighted by Gasteiger charge is -2.13. The van der Waals surface area contributed by atoms with E-state index in [0.717, 1.165) is 43.4 Å². The second kappa shape index (κ2) is 11.6. The molecule has 0 aliphatic carbocycles. The molecule has 0 fully saturated rings. The summed E-state index contributed by atoms with van der Waals surface area (Å²) >= 11 is 1.75. The molecular formula is C20H30N4OS. The Morgan fingerprint density at radius 2 is 2.08 bits per heavy atom. The number of benzene rings is 1. The maximum atomic E-state index is 5.89. The minimum Gasteiger partial charge on any atom is -0.374 e. The first kappa shape index (κ1) is 20.4. The van der Waals surface area contributed by atoms with Gasteiger partial charge < -0.3 is 15.4 Å². The largest absolute Gasteiger partial charge is 0.374 e. The summed E-state index contributed by atoms with van der Waals surface area (Å²) in [6.45, 7) is 9.38. The van der Waals surface area contributed by atoms with Crippen LogP contribution >= 0.6 is 11.3 Å². The molecule has 1 atom stereocenters. The molecule has 5 nitrogen and oxygen atoms in total. The summed E-state index contributed by atoms with van der Waals surface area (Å²) in [5.41, 5.74) is 1.21. The van der Waals surface area contributed by atoms with E-state index in [0.29, 0.717) is 6.61 Å². The molecule has 0 aliphatic heterocycles. The molecule has 1 aromatic carbocycles. The van der Waals surface area contributed by atoms with E-state index >= 15 is 0 Å². The zero-order valence-corrected chi connectivity index (χ0v) is 16.8. The third kappa shape index (κ3) is 7.54. The SMILES string of the molecule is CCNC(=NCCCOC(C)c1ccccc1)NCCc1ncc(C)s1. The van der Waals surface area contributed by atoms with Crippen molar-refractivity contribution in [1.82, 2.24) is 15.6 Å². The van der Waals surface area contributed by atoms with Crippen LogP contribution in [-0.2, 0) is 11.2 Å². The fraction of sp³-hybridized carbons (Fsp3) is 0.500. The monoisotopic (exact) mass is 374 g/mol. The molecule has 142 valence electrons. The smallest absolute Gasteiger partial charge is 0.191 e. The van der Waals surface area contributed by atoms with E-state index in [-0.39, 0.29) is 6.10 Å². The van der Waals surface area contributed by atoms with Crippen LogP contribution in [0.3, 0.4) is 0 Å². The lowest BCUT2D eigenvalue weighted by atomic mass is 10.1. The molecule has 2 aromatic rings. The normalized spacial score (nSPS) is 12.8. The summed E-state index contributed by atoms with van der Waals surface area (Å²) < 4.78 is 5.89. The molecule has 1 heterocycles. The van der Waals surface area contributed by atoms with Crippen molar-refractivity contribution in [2.75, 3.05) is 26.2 Å². The number of aryl methyl sites for hydroxylation is 1. The molecule has 1 unspecified atom stereocenters. The van der Waals surface area contributed by atoms with Crippen LogP contribution in [0.4, 0.5) is 0 Å². The van der Waals surface area contributed by atoms with Crippen LogP contribution in [0, 0.1) is 6.92 Å². The van der Waals surface area contributed by atoms with Crippen LogP contribution in [0.25, 0.3) is 0 Å². The van der Waals surface area contributed by atoms with E-state index in [2.05, 4.69) is 53.5 Å². The van der Waals surface area contributed by atoms with Crippen molar-refractivity contribution in [3.63, 3.8) is 0 Å². The number of nitrogens with one attached hydrogen (secondary N) is 2. The molecule has 0 saturated carbocycles. The lowest BCUT2D eigenvalue weighted by molar-refractivity contribution is 0.0652. The van der Waals surface area contributed by atoms with Crippen LogP contribution in [0.1, 0.15) is 41.8 Å². The number of hydrogen-bond donors (Lipinski definition) is 2. The van der Waals surface area contributed by atoms with Crippen molar-refractivity contribution >= 4 is 17.3 Å². The Hall–Kier alpha value is -1.92. The van der Waals surface area contributed by atoms with Gasteiger partial charge in [-0.25, -0.2) is 4.98 Å². The lowest BCUT2D eigenvalue weighted by Crippen LogP contribution is -2.38. The fourth-order valence-corrected chi connectivity index (χ4v) is 3.27. The van der Waals surface area contributed by atoms with Gasteiger partial charge in [-0.05, 0) is 32.8 Å². The quantitative estimate of drug-likeness (QED) is 0.378. The molecule has 2 rings (SSSR count). The molecule has 0 aliphatic rings. The van der Waals surface area contributed by atoms with Gasteiger partial charge in [0.25, 0.3) is 0 Å². The van der Waals surface area contributed by atoms with Crippen molar-refractivity contribution in [2.24, 2.45) is 4.99 Å². The number of aromatic nitrogens is 1. The highest BCUT2D eigenvalue weighted by Gasteiger charge is 2.04. The number of rotatable bonds is 10. The van der Waals surface area contributed by atoms with Gasteiger partial charge in [0, 0.05) is 43.7 Å². The number of ether oxygens (including phenoxy) is 1. The average molecular weight is 375 g/mol. The highest BCUT2D eigenvalue weighted by Crippen LogP contribution is 2.15. The topological polar surface area (TPSA) is 58.5 Å². The molecule has 0 saturated heterocycles. The molecule has 0 amide bonds. The number of hydrogen-bond acceptors (Lipinski definition) is 4. The first-order chi connectivity index (χ1) is 12.7. The second-order valence-electron chi connectivity index (χ2n) is 6.08. The summed E-state index contributed by atoms with van der Waals surface area (Å²) in [7, 11) is 0. The van der Waals surface area contributed by atoms with E-state index in [1.807, 2.05) is 24.4 Å². The summed E-state index contributed by atoms with van der Waals surface area (Å²) in [5, 5.41) is 7.81. The van der Waals surface area contributed by atoms with Gasteiger partial charge in [0.05, 0.1) is 11.1 Å². The van der Waals surface area contributed by atoms with Crippen molar-refractivity contribution in [1.29, 1.82) is 0 Å². The van der Waals surface area contributed by atoms with E-state index < -0.39 is 0 Å². The van der Waals surface area contributed by atoms with Gasteiger partial charge in [-0.2, -0.15) is 0 Å². The average Bonchev–Trinajstić information content (AvgIpc) is 3.07. The number of thiazole rings is 1. The third-order valence-electron chi connectivity index (χ3n) is 3.85. The molecule has 1 aromatic heterocycles. The Bertz CT molecular complexity index is 657. The Labute approximate surface area is 160 Å². The van der Waals surface area contributed by atoms with Gasteiger partial charge >= 0.3 is 0 Å². The maximum absolute atomic E-state index is 5.89. The van der Waals surface area contributed by atoms with Gasteiger partial charge in [0.15, 0.2) is 5.96 Å². The van der Waals surface area contributed by atoms with Gasteiger partial charge in [0.1, 0.15) is 0 Å². The van der Waals surface area contributed by atoms with Crippen molar-refractivity contribution in [3.8, 4) is 0 Å². The van der Waals surface area contributed by atoms with E-state index in [1.165, 1.54) is 10.4 Å². The summed E-state index contributed by atoms with van der Waals surface area (Å²) in [5.74, 6) is 0.858. The Morgan fingerprint density at radius 1 is 1.27 bits per heavy atom. The van der Waals surface area contributed by atoms with Gasteiger partial charge in [0.2, 0.25) is 0 Å². The minimum absolute atomic E-state index is 0.119. The molecular weight excluding hydrogens is 344 g/mol. The first-order valence-electron chi connectivity index (χ1n) is 9.29. The predicted molar refractivity (Wildman–Crippen MR) is 110 cm³/mol. The zero-order valence-electron chi connectivity index (χ0n) is 16.0. The highest BCUT2D eigenvalue weighted by molar-refractivity contribution is 7.11. The standard InChI is InChI=1S/C20H30N4OS/c1-4-21-20(23-13-11-19-24-15-16(2)26-19)22-12-8-14-25-17(3)18-9-6-5-7-10-18/h5-7,9-10,15,17H,4,8,11-14H2,1-3H3,(H2,21,22,23). The molecule has 26 heavy (non-hydrogen) atoms. The predicted octanol–water partition coefficient (Wildman–Crippen LogP) is 3.72. The third-order valence-corrected chi connectivity index (χ3v) is 4.83. The fourth-order valence-electron chi connectivity index (χ4n) is 2.48.